The van der Waals surface area contributed by atoms with Crippen molar-refractivity contribution in [3.8, 4) is 0 Å². The molecule has 0 bridgehead atoms. The van der Waals surface area contributed by atoms with Crippen molar-refractivity contribution in [1.82, 2.24) is 0 Å². The Hall–Kier alpha value is 0.0649. The third-order valence-electron chi connectivity index (χ3n) is 7.27. The van der Waals surface area contributed by atoms with Gasteiger partial charge in [-0.05, 0) is 17.8 Å². The Bertz CT molecular complexity index is 253. The zero-order chi connectivity index (χ0) is 13.4. The topological polar surface area (TPSA) is 0 Å². The van der Waals surface area contributed by atoms with E-state index in [-0.39, 0.29) is 0 Å². The first-order chi connectivity index (χ1) is 9.18. The third kappa shape index (κ3) is 2.63. The first-order valence-corrected chi connectivity index (χ1v) is 9.18. The van der Waals surface area contributed by atoms with E-state index in [0.717, 1.165) is 41.9 Å². The van der Waals surface area contributed by atoms with Crippen LogP contribution in [0, 0.1) is 17.8 Å². The van der Waals surface area contributed by atoms with Crippen LogP contribution in [0.3, 0.4) is 0 Å². The van der Waals surface area contributed by atoms with Crippen LogP contribution >= 0.6 is 0 Å². The van der Waals surface area contributed by atoms with Crippen LogP contribution in [-0.4, -0.2) is 6.71 Å². The highest BCUT2D eigenvalue weighted by atomic mass is 14.4. The lowest BCUT2D eigenvalue weighted by Crippen LogP contribution is -2.36. The Morgan fingerprint density at radius 3 is 1.05 bits per heavy atom. The van der Waals surface area contributed by atoms with Gasteiger partial charge in [-0.1, -0.05) is 96.0 Å². The summed E-state index contributed by atoms with van der Waals surface area (Å²) >= 11 is 0. The van der Waals surface area contributed by atoms with Gasteiger partial charge in [-0.2, -0.15) is 0 Å². The fraction of sp³-hybridized carbons (Fsp3) is 1.00. The van der Waals surface area contributed by atoms with Crippen LogP contribution in [0.1, 0.15) is 78.6 Å². The SMILES string of the molecule is C[C@H]1CCCC1B([C@H]1CCC[C@@H]1C)[C@H]1CCC[C@@H]1C. The monoisotopic (exact) mass is 260 g/mol. The molecule has 108 valence electrons. The molecule has 3 aliphatic carbocycles. The van der Waals surface area contributed by atoms with Gasteiger partial charge in [0.05, 0.1) is 0 Å². The minimum Gasteiger partial charge on any atom is -0.0629 e. The van der Waals surface area contributed by atoms with Gasteiger partial charge in [0.1, 0.15) is 6.71 Å². The minimum absolute atomic E-state index is 1.02. The van der Waals surface area contributed by atoms with Crippen molar-refractivity contribution in [2.45, 2.75) is 96.0 Å². The maximum Gasteiger partial charge on any atom is 0.150 e. The highest BCUT2D eigenvalue weighted by molar-refractivity contribution is 6.64. The van der Waals surface area contributed by atoms with E-state index in [9.17, 15) is 0 Å². The summed E-state index contributed by atoms with van der Waals surface area (Å²) in [5, 5.41) is 0. The van der Waals surface area contributed by atoms with Gasteiger partial charge in [-0.15, -0.1) is 0 Å². The molecule has 19 heavy (non-hydrogen) atoms. The van der Waals surface area contributed by atoms with Crippen molar-refractivity contribution in [1.29, 1.82) is 0 Å². The lowest BCUT2D eigenvalue weighted by Gasteiger charge is -2.37. The molecule has 0 N–H and O–H groups in total. The fourth-order valence-corrected chi connectivity index (χ4v) is 6.19. The predicted octanol–water partition coefficient (Wildman–Crippen LogP) is 6.05. The van der Waals surface area contributed by atoms with Crippen molar-refractivity contribution in [2.24, 2.45) is 17.8 Å². The van der Waals surface area contributed by atoms with Gasteiger partial charge in [0, 0.05) is 0 Å². The maximum absolute atomic E-state index is 2.56. The molecular formula is C18H33B. The quantitative estimate of drug-likeness (QED) is 0.542. The van der Waals surface area contributed by atoms with Crippen molar-refractivity contribution in [2.75, 3.05) is 0 Å². The van der Waals surface area contributed by atoms with Crippen LogP contribution in [-0.2, 0) is 0 Å². The Balaban J connectivity index is 1.82. The molecule has 1 heteroatoms. The molecule has 0 spiro atoms. The van der Waals surface area contributed by atoms with Crippen molar-refractivity contribution >= 4 is 6.71 Å². The molecule has 3 rings (SSSR count). The van der Waals surface area contributed by atoms with Gasteiger partial charge in [0.15, 0.2) is 0 Å². The molecule has 0 aliphatic heterocycles. The summed E-state index contributed by atoms with van der Waals surface area (Å²) in [5.74, 6) is 6.30. The van der Waals surface area contributed by atoms with E-state index in [1.807, 2.05) is 0 Å². The highest BCUT2D eigenvalue weighted by Crippen LogP contribution is 2.56. The van der Waals surface area contributed by atoms with E-state index in [4.69, 9.17) is 0 Å². The van der Waals surface area contributed by atoms with E-state index in [1.54, 1.807) is 19.3 Å². The van der Waals surface area contributed by atoms with Crippen LogP contribution in [0.2, 0.25) is 17.5 Å². The minimum atomic E-state index is 1.02. The number of hydrogen-bond donors (Lipinski definition) is 0. The Morgan fingerprint density at radius 1 is 0.526 bits per heavy atom. The first-order valence-electron chi connectivity index (χ1n) is 9.18. The average molecular weight is 260 g/mol. The largest absolute Gasteiger partial charge is 0.150 e. The second kappa shape index (κ2) is 5.82. The van der Waals surface area contributed by atoms with E-state index < -0.39 is 0 Å². The van der Waals surface area contributed by atoms with Crippen molar-refractivity contribution in [3.05, 3.63) is 0 Å². The zero-order valence-electron chi connectivity index (χ0n) is 13.4. The van der Waals surface area contributed by atoms with Crippen LogP contribution in [0.5, 0.6) is 0 Å². The normalized spacial score (nSPS) is 46.9. The predicted molar refractivity (Wildman–Crippen MR) is 86.0 cm³/mol. The lowest BCUT2D eigenvalue weighted by molar-refractivity contribution is 0.517. The number of hydrogen-bond acceptors (Lipinski definition) is 0. The molecule has 3 saturated carbocycles. The second-order valence-corrected chi connectivity index (χ2v) is 8.29. The molecular weight excluding hydrogens is 227 g/mol. The molecule has 0 radical (unpaired) electrons. The smallest absolute Gasteiger partial charge is 0.0629 e. The van der Waals surface area contributed by atoms with E-state index >= 15 is 0 Å². The molecule has 0 nitrogen and oxygen atoms in total. The van der Waals surface area contributed by atoms with Crippen LogP contribution in [0.4, 0.5) is 0 Å². The first kappa shape index (κ1) is 14.0. The molecule has 6 atom stereocenters. The summed E-state index contributed by atoms with van der Waals surface area (Å²) in [5.41, 5.74) is 0. The van der Waals surface area contributed by atoms with Gasteiger partial charge in [-0.3, -0.25) is 0 Å². The highest BCUT2D eigenvalue weighted by Gasteiger charge is 2.47. The van der Waals surface area contributed by atoms with Gasteiger partial charge >= 0.3 is 0 Å². The summed E-state index contributed by atoms with van der Waals surface area (Å²) in [6, 6.07) is 0. The Morgan fingerprint density at radius 2 is 0.842 bits per heavy atom. The zero-order valence-corrected chi connectivity index (χ0v) is 13.4. The van der Waals surface area contributed by atoms with Crippen LogP contribution in [0.25, 0.3) is 0 Å². The molecule has 0 saturated heterocycles. The molecule has 0 aromatic carbocycles. The molecule has 3 fully saturated rings. The van der Waals surface area contributed by atoms with Gasteiger partial charge in [0.2, 0.25) is 0 Å². The summed E-state index contributed by atoms with van der Waals surface area (Å²) < 4.78 is 0. The van der Waals surface area contributed by atoms with E-state index in [1.165, 1.54) is 38.5 Å². The van der Waals surface area contributed by atoms with E-state index in [2.05, 4.69) is 20.8 Å². The van der Waals surface area contributed by atoms with Crippen LogP contribution < -0.4 is 0 Å². The van der Waals surface area contributed by atoms with Crippen molar-refractivity contribution < 1.29 is 0 Å². The molecule has 0 aromatic rings. The Kier molecular flexibility index (Phi) is 4.29. The molecule has 0 heterocycles. The van der Waals surface area contributed by atoms with Crippen molar-refractivity contribution in [3.63, 3.8) is 0 Å². The number of rotatable bonds is 3. The summed E-state index contributed by atoms with van der Waals surface area (Å²) in [6.07, 6.45) is 13.8. The summed E-state index contributed by atoms with van der Waals surface area (Å²) in [4.78, 5) is 0. The van der Waals surface area contributed by atoms with E-state index in [0.29, 0.717) is 0 Å². The summed E-state index contributed by atoms with van der Waals surface area (Å²) in [7, 11) is 0. The maximum atomic E-state index is 2.56. The van der Waals surface area contributed by atoms with Gasteiger partial charge in [0.25, 0.3) is 0 Å². The van der Waals surface area contributed by atoms with Gasteiger partial charge < -0.3 is 0 Å². The second-order valence-electron chi connectivity index (χ2n) is 8.29. The fourth-order valence-electron chi connectivity index (χ4n) is 6.19. The lowest BCUT2D eigenvalue weighted by atomic mass is 9.24. The standard InChI is InChI=1S/C18H33B/c1-13-7-4-10-16(13)19(17-11-5-8-14(17)2)18-12-6-9-15(18)3/h13-18H,4-12H2,1-3H3/t13-,14-,15-,16-,17-,18?/m0/s1. The molecule has 0 amide bonds. The summed E-state index contributed by atoms with van der Waals surface area (Å²) in [6.45, 7) is 8.77. The average Bonchev–Trinajstić information content (AvgIpc) is 3.07. The molecule has 0 aromatic heterocycles. The molecule has 1 unspecified atom stereocenters. The van der Waals surface area contributed by atoms with Gasteiger partial charge in [-0.25, -0.2) is 0 Å². The third-order valence-corrected chi connectivity index (χ3v) is 7.27. The molecule has 3 aliphatic rings. The Labute approximate surface area is 121 Å². The van der Waals surface area contributed by atoms with Crippen LogP contribution in [0.15, 0.2) is 0 Å².